The van der Waals surface area contributed by atoms with E-state index < -0.39 is 0 Å². The van der Waals surface area contributed by atoms with E-state index in [0.29, 0.717) is 0 Å². The van der Waals surface area contributed by atoms with E-state index in [1.54, 1.807) is 12.1 Å². The number of benzene rings is 1. The van der Waals surface area contributed by atoms with Gasteiger partial charge in [-0.05, 0) is 23.8 Å². The van der Waals surface area contributed by atoms with Crippen LogP contribution in [-0.2, 0) is 6.42 Å². The Hall–Kier alpha value is -2.03. The molecule has 1 aromatic heterocycles. The number of hydrogen-bond acceptors (Lipinski definition) is 3. The maximum atomic E-state index is 9.20. The van der Waals surface area contributed by atoms with E-state index in [9.17, 15) is 5.11 Å². The van der Waals surface area contributed by atoms with Crippen LogP contribution in [-0.4, -0.2) is 16.7 Å². The minimum Gasteiger partial charge on any atom is -0.506 e. The SMILES string of the molecule is Oc1ccc(-c2cccc3c2OCC3)nc1. The molecule has 2 heterocycles. The minimum atomic E-state index is 0.178. The van der Waals surface area contributed by atoms with Crippen LogP contribution in [0.1, 0.15) is 5.56 Å². The third-order valence-electron chi connectivity index (χ3n) is 2.74. The Kier molecular flexibility index (Phi) is 2.03. The molecular formula is C13H11NO2. The Morgan fingerprint density at radius 2 is 2.12 bits per heavy atom. The summed E-state index contributed by atoms with van der Waals surface area (Å²) >= 11 is 0. The van der Waals surface area contributed by atoms with Gasteiger partial charge in [0.15, 0.2) is 0 Å². The van der Waals surface area contributed by atoms with Crippen LogP contribution < -0.4 is 4.74 Å². The number of hydrogen-bond donors (Lipinski definition) is 1. The van der Waals surface area contributed by atoms with E-state index in [2.05, 4.69) is 11.1 Å². The summed E-state index contributed by atoms with van der Waals surface area (Å²) in [6, 6.07) is 9.51. The predicted molar refractivity (Wildman–Crippen MR) is 60.5 cm³/mol. The van der Waals surface area contributed by atoms with Crippen LogP contribution in [0, 0.1) is 0 Å². The number of fused-ring (bicyclic) bond motifs is 1. The molecular weight excluding hydrogens is 202 g/mol. The molecule has 0 radical (unpaired) electrons. The lowest BCUT2D eigenvalue weighted by atomic mass is 10.1. The van der Waals surface area contributed by atoms with Gasteiger partial charge in [-0.1, -0.05) is 12.1 Å². The fraction of sp³-hybridized carbons (Fsp3) is 0.154. The topological polar surface area (TPSA) is 42.4 Å². The first-order valence-corrected chi connectivity index (χ1v) is 5.25. The van der Waals surface area contributed by atoms with Gasteiger partial charge in [-0.3, -0.25) is 4.98 Å². The molecule has 1 aromatic carbocycles. The number of pyridine rings is 1. The molecule has 3 heteroatoms. The molecule has 2 aromatic rings. The van der Waals surface area contributed by atoms with Gasteiger partial charge in [-0.2, -0.15) is 0 Å². The molecule has 3 nitrogen and oxygen atoms in total. The van der Waals surface area contributed by atoms with Gasteiger partial charge in [0.2, 0.25) is 0 Å². The zero-order chi connectivity index (χ0) is 11.0. The van der Waals surface area contributed by atoms with Crippen LogP contribution in [0.15, 0.2) is 36.5 Å². The minimum absolute atomic E-state index is 0.178. The number of aromatic hydroxyl groups is 1. The monoisotopic (exact) mass is 213 g/mol. The molecule has 0 aliphatic carbocycles. The third-order valence-corrected chi connectivity index (χ3v) is 2.74. The van der Waals surface area contributed by atoms with Crippen molar-refractivity contribution in [3.63, 3.8) is 0 Å². The molecule has 0 saturated carbocycles. The van der Waals surface area contributed by atoms with Crippen LogP contribution in [0.5, 0.6) is 11.5 Å². The molecule has 0 bridgehead atoms. The number of nitrogens with zero attached hydrogens (tertiary/aromatic N) is 1. The van der Waals surface area contributed by atoms with Crippen molar-refractivity contribution in [2.75, 3.05) is 6.61 Å². The van der Waals surface area contributed by atoms with Crippen molar-refractivity contribution in [3.05, 3.63) is 42.1 Å². The fourth-order valence-electron chi connectivity index (χ4n) is 1.96. The highest BCUT2D eigenvalue weighted by Crippen LogP contribution is 2.35. The first-order valence-electron chi connectivity index (χ1n) is 5.25. The standard InChI is InChI=1S/C13H11NO2/c15-10-4-5-12(14-8-10)11-3-1-2-9-6-7-16-13(9)11/h1-5,8,15H,6-7H2. The van der Waals surface area contributed by atoms with Crippen LogP contribution in [0.25, 0.3) is 11.3 Å². The van der Waals surface area contributed by atoms with Crippen molar-refractivity contribution in [1.29, 1.82) is 0 Å². The van der Waals surface area contributed by atoms with Gasteiger partial charge in [0.1, 0.15) is 11.5 Å². The van der Waals surface area contributed by atoms with E-state index in [1.807, 2.05) is 12.1 Å². The average Bonchev–Trinajstić information content (AvgIpc) is 2.78. The van der Waals surface area contributed by atoms with E-state index in [0.717, 1.165) is 30.0 Å². The van der Waals surface area contributed by atoms with Crippen molar-refractivity contribution in [1.82, 2.24) is 4.98 Å². The van der Waals surface area contributed by atoms with E-state index in [4.69, 9.17) is 4.74 Å². The summed E-state index contributed by atoms with van der Waals surface area (Å²) in [4.78, 5) is 4.20. The van der Waals surface area contributed by atoms with Crippen LogP contribution in [0.3, 0.4) is 0 Å². The first kappa shape index (κ1) is 9.21. The van der Waals surface area contributed by atoms with Gasteiger partial charge < -0.3 is 9.84 Å². The smallest absolute Gasteiger partial charge is 0.133 e. The summed E-state index contributed by atoms with van der Waals surface area (Å²) in [6.45, 7) is 0.741. The Morgan fingerprint density at radius 1 is 1.19 bits per heavy atom. The zero-order valence-electron chi connectivity index (χ0n) is 8.68. The number of para-hydroxylation sites is 1. The van der Waals surface area contributed by atoms with Gasteiger partial charge >= 0.3 is 0 Å². The summed E-state index contributed by atoms with van der Waals surface area (Å²) < 4.78 is 5.61. The van der Waals surface area contributed by atoms with E-state index in [-0.39, 0.29) is 5.75 Å². The van der Waals surface area contributed by atoms with Crippen molar-refractivity contribution < 1.29 is 9.84 Å². The van der Waals surface area contributed by atoms with Crippen molar-refractivity contribution in [2.24, 2.45) is 0 Å². The quantitative estimate of drug-likeness (QED) is 0.790. The predicted octanol–water partition coefficient (Wildman–Crippen LogP) is 2.39. The summed E-state index contributed by atoms with van der Waals surface area (Å²) in [6.07, 6.45) is 2.41. The second-order valence-electron chi connectivity index (χ2n) is 3.79. The summed E-state index contributed by atoms with van der Waals surface area (Å²) in [5.74, 6) is 1.11. The molecule has 0 unspecified atom stereocenters. The lowest BCUT2D eigenvalue weighted by molar-refractivity contribution is 0.358. The maximum Gasteiger partial charge on any atom is 0.133 e. The molecule has 1 aliphatic rings. The molecule has 1 aliphatic heterocycles. The Morgan fingerprint density at radius 3 is 2.94 bits per heavy atom. The van der Waals surface area contributed by atoms with Gasteiger partial charge in [0, 0.05) is 12.0 Å². The van der Waals surface area contributed by atoms with Gasteiger partial charge in [-0.15, -0.1) is 0 Å². The molecule has 16 heavy (non-hydrogen) atoms. The molecule has 0 saturated heterocycles. The highest BCUT2D eigenvalue weighted by molar-refractivity contribution is 5.70. The molecule has 80 valence electrons. The summed E-state index contributed by atoms with van der Waals surface area (Å²) in [5, 5.41) is 9.20. The average molecular weight is 213 g/mol. The highest BCUT2D eigenvalue weighted by Gasteiger charge is 2.17. The van der Waals surface area contributed by atoms with Gasteiger partial charge in [0.25, 0.3) is 0 Å². The molecule has 1 N–H and O–H groups in total. The molecule has 0 amide bonds. The van der Waals surface area contributed by atoms with Crippen molar-refractivity contribution >= 4 is 0 Å². The maximum absolute atomic E-state index is 9.20. The Bertz CT molecular complexity index is 520. The van der Waals surface area contributed by atoms with Gasteiger partial charge in [-0.25, -0.2) is 0 Å². The number of rotatable bonds is 1. The molecule has 0 atom stereocenters. The van der Waals surface area contributed by atoms with Crippen LogP contribution >= 0.6 is 0 Å². The molecule has 0 fully saturated rings. The van der Waals surface area contributed by atoms with Crippen LogP contribution in [0.4, 0.5) is 0 Å². The Labute approximate surface area is 93.3 Å². The fourth-order valence-corrected chi connectivity index (χ4v) is 1.96. The van der Waals surface area contributed by atoms with Crippen LogP contribution in [0.2, 0.25) is 0 Å². The second-order valence-corrected chi connectivity index (χ2v) is 3.79. The van der Waals surface area contributed by atoms with E-state index >= 15 is 0 Å². The number of aromatic nitrogens is 1. The third kappa shape index (κ3) is 1.41. The second kappa shape index (κ2) is 3.52. The van der Waals surface area contributed by atoms with E-state index in [1.165, 1.54) is 11.8 Å². The van der Waals surface area contributed by atoms with Crippen molar-refractivity contribution in [3.8, 4) is 22.8 Å². The molecule has 0 spiro atoms. The lowest BCUT2D eigenvalue weighted by Gasteiger charge is -2.06. The Balaban J connectivity index is 2.13. The summed E-state index contributed by atoms with van der Waals surface area (Å²) in [7, 11) is 0. The highest BCUT2D eigenvalue weighted by atomic mass is 16.5. The summed E-state index contributed by atoms with van der Waals surface area (Å²) in [5.41, 5.74) is 3.05. The normalized spacial score (nSPS) is 13.2. The number of ether oxygens (including phenoxy) is 1. The molecule has 3 rings (SSSR count). The largest absolute Gasteiger partial charge is 0.506 e. The zero-order valence-corrected chi connectivity index (χ0v) is 8.68. The lowest BCUT2D eigenvalue weighted by Crippen LogP contribution is -1.89. The first-order chi connectivity index (χ1) is 7.84. The van der Waals surface area contributed by atoms with Gasteiger partial charge in [0.05, 0.1) is 18.5 Å². The van der Waals surface area contributed by atoms with Crippen molar-refractivity contribution in [2.45, 2.75) is 6.42 Å².